The maximum Gasteiger partial charge on any atom is 0.338 e. The molecule has 4 rings (SSSR count). The van der Waals surface area contributed by atoms with Crippen LogP contribution in [0.25, 0.3) is 22.6 Å². The minimum atomic E-state index is -0.388. The van der Waals surface area contributed by atoms with Gasteiger partial charge < -0.3 is 19.9 Å². The molecule has 168 valence electrons. The zero-order chi connectivity index (χ0) is 23.0. The van der Waals surface area contributed by atoms with Crippen LogP contribution >= 0.6 is 0 Å². The number of rotatable bonds is 8. The van der Waals surface area contributed by atoms with Gasteiger partial charge in [-0.1, -0.05) is 0 Å². The molecule has 0 aliphatic heterocycles. The summed E-state index contributed by atoms with van der Waals surface area (Å²) in [6, 6.07) is 13.9. The Bertz CT molecular complexity index is 1240. The normalized spacial score (nSPS) is 10.7. The van der Waals surface area contributed by atoms with E-state index < -0.39 is 0 Å². The average molecular weight is 444 g/mol. The van der Waals surface area contributed by atoms with Crippen molar-refractivity contribution in [1.82, 2.24) is 24.8 Å². The molecule has 2 amide bonds. The van der Waals surface area contributed by atoms with Gasteiger partial charge in [-0.15, -0.1) is 0 Å². The van der Waals surface area contributed by atoms with Crippen molar-refractivity contribution in [3.05, 3.63) is 72.7 Å². The summed E-state index contributed by atoms with van der Waals surface area (Å²) in [5, 5.41) is 5.61. The lowest BCUT2D eigenvalue weighted by Gasteiger charge is -2.11. The number of urea groups is 1. The molecule has 3 aromatic heterocycles. The summed E-state index contributed by atoms with van der Waals surface area (Å²) in [4.78, 5) is 37.2. The first-order valence-corrected chi connectivity index (χ1v) is 10.7. The number of hydrogen-bond acceptors (Lipinski definition) is 6. The number of fused-ring (bicyclic) bond motifs is 1. The predicted octanol–water partition coefficient (Wildman–Crippen LogP) is 3.88. The molecule has 4 aromatic rings. The van der Waals surface area contributed by atoms with E-state index in [0.717, 1.165) is 22.6 Å². The summed E-state index contributed by atoms with van der Waals surface area (Å²) in [5.41, 5.74) is 3.61. The Kier molecular flexibility index (Phi) is 6.89. The fraction of sp³-hybridized carbons (Fsp3) is 0.208. The van der Waals surface area contributed by atoms with Gasteiger partial charge in [0.1, 0.15) is 11.3 Å². The van der Waals surface area contributed by atoms with Crippen molar-refractivity contribution in [3.63, 3.8) is 0 Å². The first-order valence-electron chi connectivity index (χ1n) is 10.7. The Labute approximate surface area is 190 Å². The van der Waals surface area contributed by atoms with E-state index in [2.05, 4.69) is 25.2 Å². The highest BCUT2D eigenvalue weighted by atomic mass is 16.5. The molecule has 2 N–H and O–H groups in total. The quantitative estimate of drug-likeness (QED) is 0.315. The summed E-state index contributed by atoms with van der Waals surface area (Å²) in [6.45, 7) is 3.18. The fourth-order valence-electron chi connectivity index (χ4n) is 3.41. The molecule has 3 heterocycles. The van der Waals surface area contributed by atoms with E-state index >= 15 is 0 Å². The average Bonchev–Trinajstić information content (AvgIpc) is 3.21. The summed E-state index contributed by atoms with van der Waals surface area (Å²) >= 11 is 0. The van der Waals surface area contributed by atoms with Gasteiger partial charge in [-0.25, -0.2) is 19.6 Å². The minimum Gasteiger partial charge on any atom is -0.462 e. The van der Waals surface area contributed by atoms with E-state index in [1.54, 1.807) is 49.8 Å². The zero-order valence-electron chi connectivity index (χ0n) is 18.2. The lowest BCUT2D eigenvalue weighted by atomic mass is 10.2. The molecule has 0 bridgehead atoms. The largest absolute Gasteiger partial charge is 0.462 e. The number of ether oxygens (including phenoxy) is 1. The topological polar surface area (TPSA) is 111 Å². The van der Waals surface area contributed by atoms with Crippen molar-refractivity contribution < 1.29 is 14.3 Å². The molecule has 0 saturated heterocycles. The summed E-state index contributed by atoms with van der Waals surface area (Å²) in [5.74, 6) is 0.429. The van der Waals surface area contributed by atoms with Gasteiger partial charge in [0.05, 0.1) is 12.2 Å². The third kappa shape index (κ3) is 5.32. The van der Waals surface area contributed by atoms with Gasteiger partial charge in [0.15, 0.2) is 5.65 Å². The number of aromatic nitrogens is 4. The maximum absolute atomic E-state index is 12.2. The number of aryl methyl sites for hydroxylation is 1. The molecular weight excluding hydrogens is 420 g/mol. The van der Waals surface area contributed by atoms with Crippen LogP contribution in [-0.4, -0.2) is 44.7 Å². The fourth-order valence-corrected chi connectivity index (χ4v) is 3.41. The molecular formula is C24H24N6O3. The molecule has 9 heteroatoms. The number of hydrogen-bond donors (Lipinski definition) is 2. The number of amides is 2. The van der Waals surface area contributed by atoms with Crippen LogP contribution in [0.4, 0.5) is 10.5 Å². The van der Waals surface area contributed by atoms with Crippen molar-refractivity contribution in [2.24, 2.45) is 0 Å². The molecule has 0 spiro atoms. The molecule has 0 fully saturated rings. The Hall–Kier alpha value is -4.27. The third-order valence-electron chi connectivity index (χ3n) is 4.94. The number of imidazole rings is 1. The summed E-state index contributed by atoms with van der Waals surface area (Å²) in [6.07, 6.45) is 5.90. The van der Waals surface area contributed by atoms with Crippen molar-refractivity contribution in [2.75, 3.05) is 18.5 Å². The number of nitrogens with one attached hydrogen (secondary N) is 2. The van der Waals surface area contributed by atoms with Crippen LogP contribution in [0.3, 0.4) is 0 Å². The molecule has 0 atom stereocenters. The number of anilines is 1. The summed E-state index contributed by atoms with van der Waals surface area (Å²) < 4.78 is 7.01. The van der Waals surface area contributed by atoms with E-state index in [-0.39, 0.29) is 12.0 Å². The van der Waals surface area contributed by atoms with E-state index in [1.807, 2.05) is 24.3 Å². The monoisotopic (exact) mass is 444 g/mol. The number of esters is 1. The predicted molar refractivity (Wildman–Crippen MR) is 125 cm³/mol. The van der Waals surface area contributed by atoms with Crippen LogP contribution in [0.5, 0.6) is 0 Å². The standard InChI is InChI=1S/C24H24N6O3/c1-2-33-23(31)18-6-8-19(9-7-18)28-24(32)27-13-4-16-30-21(17-10-14-25-15-11-17)29-20-5-3-12-26-22(20)30/h3,5-12,14-15H,2,4,13,16H2,1H3,(H2,27,28,32). The zero-order valence-corrected chi connectivity index (χ0v) is 18.2. The Balaban J connectivity index is 1.34. The number of nitrogens with zero attached hydrogens (tertiary/aromatic N) is 4. The molecule has 0 unspecified atom stereocenters. The Morgan fingerprint density at radius 2 is 1.82 bits per heavy atom. The van der Waals surface area contributed by atoms with Gasteiger partial charge in [0, 0.05) is 42.9 Å². The Morgan fingerprint density at radius 1 is 1.03 bits per heavy atom. The lowest BCUT2D eigenvalue weighted by Crippen LogP contribution is -2.30. The molecule has 0 saturated carbocycles. The number of carbonyl (C=O) groups excluding carboxylic acids is 2. The summed E-state index contributed by atoms with van der Waals surface area (Å²) in [7, 11) is 0. The van der Waals surface area contributed by atoms with Crippen molar-refractivity contribution >= 4 is 28.9 Å². The smallest absolute Gasteiger partial charge is 0.338 e. The molecule has 0 radical (unpaired) electrons. The van der Waals surface area contributed by atoms with Crippen LogP contribution in [-0.2, 0) is 11.3 Å². The second kappa shape index (κ2) is 10.4. The van der Waals surface area contributed by atoms with Crippen LogP contribution in [0.15, 0.2) is 67.1 Å². The number of pyridine rings is 2. The molecule has 0 aliphatic carbocycles. The van der Waals surface area contributed by atoms with Crippen molar-refractivity contribution in [2.45, 2.75) is 19.9 Å². The van der Waals surface area contributed by atoms with Crippen LogP contribution in [0, 0.1) is 0 Å². The van der Waals surface area contributed by atoms with Gasteiger partial charge >= 0.3 is 12.0 Å². The SMILES string of the molecule is CCOC(=O)c1ccc(NC(=O)NCCCn2c(-c3ccncc3)nc3cccnc32)cc1. The number of benzene rings is 1. The second-order valence-electron chi connectivity index (χ2n) is 7.20. The van der Waals surface area contributed by atoms with E-state index in [1.165, 1.54) is 0 Å². The third-order valence-corrected chi connectivity index (χ3v) is 4.94. The number of carbonyl (C=O) groups is 2. The highest BCUT2D eigenvalue weighted by molar-refractivity contribution is 5.92. The van der Waals surface area contributed by atoms with Crippen molar-refractivity contribution in [1.29, 1.82) is 0 Å². The van der Waals surface area contributed by atoms with Gasteiger partial charge in [-0.05, 0) is 61.9 Å². The van der Waals surface area contributed by atoms with E-state index in [9.17, 15) is 9.59 Å². The lowest BCUT2D eigenvalue weighted by molar-refractivity contribution is 0.0526. The van der Waals surface area contributed by atoms with Crippen molar-refractivity contribution in [3.8, 4) is 11.4 Å². The highest BCUT2D eigenvalue weighted by Crippen LogP contribution is 2.23. The minimum absolute atomic E-state index is 0.316. The molecule has 9 nitrogen and oxygen atoms in total. The van der Waals surface area contributed by atoms with Gasteiger partial charge in [0.25, 0.3) is 0 Å². The second-order valence-corrected chi connectivity index (χ2v) is 7.20. The maximum atomic E-state index is 12.2. The van der Waals surface area contributed by atoms with Gasteiger partial charge in [-0.3, -0.25) is 4.98 Å². The van der Waals surface area contributed by atoms with Crippen LogP contribution in [0.2, 0.25) is 0 Å². The van der Waals surface area contributed by atoms with E-state index in [0.29, 0.717) is 37.4 Å². The first-order chi connectivity index (χ1) is 16.2. The van der Waals surface area contributed by atoms with Gasteiger partial charge in [-0.2, -0.15) is 0 Å². The Morgan fingerprint density at radius 3 is 2.58 bits per heavy atom. The first kappa shape index (κ1) is 21.9. The van der Waals surface area contributed by atoms with Gasteiger partial charge in [0.2, 0.25) is 0 Å². The molecule has 33 heavy (non-hydrogen) atoms. The highest BCUT2D eigenvalue weighted by Gasteiger charge is 2.13. The van der Waals surface area contributed by atoms with Crippen LogP contribution < -0.4 is 10.6 Å². The molecule has 0 aliphatic rings. The molecule has 1 aromatic carbocycles. The van der Waals surface area contributed by atoms with Crippen LogP contribution in [0.1, 0.15) is 23.7 Å². The van der Waals surface area contributed by atoms with E-state index in [4.69, 9.17) is 9.72 Å².